The van der Waals surface area contributed by atoms with Crippen LogP contribution >= 0.6 is 0 Å². The molecule has 0 radical (unpaired) electrons. The number of nitrogens with two attached hydrogens (primary N) is 2. The molecule has 2 aromatic rings. The van der Waals surface area contributed by atoms with E-state index in [2.05, 4.69) is 15.3 Å². The van der Waals surface area contributed by atoms with Crippen LogP contribution in [0.25, 0.3) is 0 Å². The fraction of sp³-hybridized carbons (Fsp3) is 0.0909. The summed E-state index contributed by atoms with van der Waals surface area (Å²) in [6.45, 7) is 0. The van der Waals surface area contributed by atoms with Crippen molar-refractivity contribution in [1.82, 2.24) is 9.97 Å². The summed E-state index contributed by atoms with van der Waals surface area (Å²) in [5, 5.41) is 2.91. The SMILES string of the molecule is COc1c(Nc2nccc(=O)[nH]2)ccc(N)c1N. The van der Waals surface area contributed by atoms with E-state index in [4.69, 9.17) is 16.2 Å². The van der Waals surface area contributed by atoms with Gasteiger partial charge < -0.3 is 21.5 Å². The summed E-state index contributed by atoms with van der Waals surface area (Å²) in [7, 11) is 1.48. The fourth-order valence-electron chi connectivity index (χ4n) is 1.49. The monoisotopic (exact) mass is 247 g/mol. The van der Waals surface area contributed by atoms with Crippen LogP contribution in [0, 0.1) is 0 Å². The van der Waals surface area contributed by atoms with Crippen molar-refractivity contribution >= 4 is 23.0 Å². The molecular formula is C11H13N5O2. The fourth-order valence-corrected chi connectivity index (χ4v) is 1.49. The van der Waals surface area contributed by atoms with E-state index < -0.39 is 0 Å². The van der Waals surface area contributed by atoms with Crippen molar-refractivity contribution in [2.45, 2.75) is 0 Å². The molecule has 0 saturated heterocycles. The van der Waals surface area contributed by atoms with E-state index in [1.807, 2.05) is 0 Å². The molecule has 0 fully saturated rings. The molecule has 0 spiro atoms. The van der Waals surface area contributed by atoms with E-state index >= 15 is 0 Å². The van der Waals surface area contributed by atoms with Gasteiger partial charge in [-0.05, 0) is 12.1 Å². The van der Waals surface area contributed by atoms with Gasteiger partial charge in [0.25, 0.3) is 5.56 Å². The number of hydrogen-bond acceptors (Lipinski definition) is 6. The van der Waals surface area contributed by atoms with Gasteiger partial charge in [0.1, 0.15) is 0 Å². The summed E-state index contributed by atoms with van der Waals surface area (Å²) in [5.41, 5.74) is 12.5. The average molecular weight is 247 g/mol. The minimum Gasteiger partial charge on any atom is -0.492 e. The molecule has 7 nitrogen and oxygen atoms in total. The molecular weight excluding hydrogens is 234 g/mol. The molecule has 0 amide bonds. The number of ether oxygens (including phenoxy) is 1. The normalized spacial score (nSPS) is 10.1. The second-order valence-electron chi connectivity index (χ2n) is 3.56. The lowest BCUT2D eigenvalue weighted by Gasteiger charge is -2.13. The van der Waals surface area contributed by atoms with Gasteiger partial charge in [-0.3, -0.25) is 9.78 Å². The van der Waals surface area contributed by atoms with Gasteiger partial charge in [0.15, 0.2) is 5.75 Å². The van der Waals surface area contributed by atoms with Gasteiger partial charge in [0.2, 0.25) is 5.95 Å². The van der Waals surface area contributed by atoms with Gasteiger partial charge in [0.05, 0.1) is 24.2 Å². The van der Waals surface area contributed by atoms with Gasteiger partial charge in [-0.1, -0.05) is 0 Å². The molecule has 7 heteroatoms. The maximum Gasteiger partial charge on any atom is 0.252 e. The quantitative estimate of drug-likeness (QED) is 0.592. The van der Waals surface area contributed by atoms with Crippen molar-refractivity contribution in [2.24, 2.45) is 0 Å². The van der Waals surface area contributed by atoms with Crippen LogP contribution in [0.15, 0.2) is 29.2 Å². The Morgan fingerprint density at radius 3 is 2.78 bits per heavy atom. The van der Waals surface area contributed by atoms with E-state index in [0.29, 0.717) is 28.8 Å². The van der Waals surface area contributed by atoms with Crippen LogP contribution in [0.2, 0.25) is 0 Å². The lowest BCUT2D eigenvalue weighted by Crippen LogP contribution is -2.09. The minimum absolute atomic E-state index is 0.255. The standard InChI is InChI=1S/C11H13N5O2/c1-18-10-7(3-2-6(12)9(10)13)15-11-14-5-4-8(17)16-11/h2-5H,12-13H2,1H3,(H2,14,15,16,17). The van der Waals surface area contributed by atoms with Crippen LogP contribution in [0.4, 0.5) is 23.0 Å². The molecule has 0 aliphatic heterocycles. The third-order valence-electron chi connectivity index (χ3n) is 2.36. The highest BCUT2D eigenvalue weighted by Gasteiger charge is 2.10. The maximum absolute atomic E-state index is 11.1. The Morgan fingerprint density at radius 2 is 2.11 bits per heavy atom. The average Bonchev–Trinajstić information content (AvgIpc) is 2.34. The van der Waals surface area contributed by atoms with Gasteiger partial charge >= 0.3 is 0 Å². The Hall–Kier alpha value is -2.70. The molecule has 18 heavy (non-hydrogen) atoms. The number of hydrogen-bond donors (Lipinski definition) is 4. The summed E-state index contributed by atoms with van der Waals surface area (Å²) in [4.78, 5) is 17.6. The van der Waals surface area contributed by atoms with Crippen molar-refractivity contribution in [3.63, 3.8) is 0 Å². The number of benzene rings is 1. The summed E-state index contributed by atoms with van der Waals surface area (Å²) in [6, 6.07) is 4.65. The maximum atomic E-state index is 11.1. The predicted octanol–water partition coefficient (Wildman–Crippen LogP) is 0.686. The third kappa shape index (κ3) is 2.19. The summed E-state index contributed by atoms with van der Waals surface area (Å²) in [6.07, 6.45) is 1.40. The second-order valence-corrected chi connectivity index (χ2v) is 3.56. The largest absolute Gasteiger partial charge is 0.492 e. The lowest BCUT2D eigenvalue weighted by molar-refractivity contribution is 0.419. The molecule has 0 aliphatic carbocycles. The molecule has 1 heterocycles. The number of aromatic nitrogens is 2. The molecule has 0 unspecified atom stereocenters. The number of anilines is 4. The summed E-state index contributed by atoms with van der Waals surface area (Å²) >= 11 is 0. The Labute approximate surface area is 103 Å². The van der Waals surface area contributed by atoms with Crippen molar-refractivity contribution in [3.05, 3.63) is 34.7 Å². The van der Waals surface area contributed by atoms with E-state index in [0.717, 1.165) is 0 Å². The molecule has 0 saturated carbocycles. The van der Waals surface area contributed by atoms with E-state index in [-0.39, 0.29) is 5.56 Å². The molecule has 0 atom stereocenters. The van der Waals surface area contributed by atoms with Crippen LogP contribution in [0.1, 0.15) is 0 Å². The molecule has 1 aromatic carbocycles. The Balaban J connectivity index is 2.40. The first-order chi connectivity index (χ1) is 8.61. The van der Waals surface area contributed by atoms with Crippen molar-refractivity contribution in [3.8, 4) is 5.75 Å². The zero-order valence-corrected chi connectivity index (χ0v) is 9.73. The minimum atomic E-state index is -0.255. The van der Waals surface area contributed by atoms with Gasteiger partial charge in [-0.15, -0.1) is 0 Å². The Kier molecular flexibility index (Phi) is 3.05. The van der Waals surface area contributed by atoms with Crippen molar-refractivity contribution < 1.29 is 4.74 Å². The summed E-state index contributed by atoms with van der Waals surface area (Å²) in [5.74, 6) is 0.700. The predicted molar refractivity (Wildman–Crippen MR) is 70.0 cm³/mol. The Morgan fingerprint density at radius 1 is 1.33 bits per heavy atom. The number of aromatic amines is 1. The first kappa shape index (κ1) is 11.8. The highest BCUT2D eigenvalue weighted by atomic mass is 16.5. The Bertz CT molecular complexity index is 623. The van der Waals surface area contributed by atoms with Gasteiger partial charge in [0, 0.05) is 12.3 Å². The van der Waals surface area contributed by atoms with Gasteiger partial charge in [-0.25, -0.2) is 4.98 Å². The van der Waals surface area contributed by atoms with Crippen LogP contribution in [-0.4, -0.2) is 17.1 Å². The molecule has 1 aromatic heterocycles. The number of nitrogen functional groups attached to an aromatic ring is 2. The molecule has 2 rings (SSSR count). The molecule has 94 valence electrons. The van der Waals surface area contributed by atoms with E-state index in [1.165, 1.54) is 19.4 Å². The first-order valence-corrected chi connectivity index (χ1v) is 5.16. The van der Waals surface area contributed by atoms with E-state index in [1.54, 1.807) is 12.1 Å². The third-order valence-corrected chi connectivity index (χ3v) is 2.36. The highest BCUT2D eigenvalue weighted by Crippen LogP contribution is 2.36. The van der Waals surface area contributed by atoms with Crippen LogP contribution in [0.5, 0.6) is 5.75 Å². The smallest absolute Gasteiger partial charge is 0.252 e. The van der Waals surface area contributed by atoms with Crippen molar-refractivity contribution in [1.29, 1.82) is 0 Å². The highest BCUT2D eigenvalue weighted by molar-refractivity contribution is 5.81. The number of H-pyrrole nitrogens is 1. The van der Waals surface area contributed by atoms with Crippen LogP contribution in [-0.2, 0) is 0 Å². The zero-order valence-electron chi connectivity index (χ0n) is 9.73. The molecule has 0 bridgehead atoms. The van der Waals surface area contributed by atoms with Gasteiger partial charge in [-0.2, -0.15) is 0 Å². The van der Waals surface area contributed by atoms with E-state index in [9.17, 15) is 4.79 Å². The number of nitrogens with zero attached hydrogens (tertiary/aromatic N) is 1. The zero-order chi connectivity index (χ0) is 13.1. The summed E-state index contributed by atoms with van der Waals surface area (Å²) < 4.78 is 5.17. The number of nitrogens with one attached hydrogen (secondary N) is 2. The number of rotatable bonds is 3. The topological polar surface area (TPSA) is 119 Å². The second kappa shape index (κ2) is 4.66. The van der Waals surface area contributed by atoms with Crippen LogP contribution in [0.3, 0.4) is 0 Å². The molecule has 6 N–H and O–H groups in total. The molecule has 0 aliphatic rings. The van der Waals surface area contributed by atoms with Crippen molar-refractivity contribution in [2.75, 3.05) is 23.9 Å². The first-order valence-electron chi connectivity index (χ1n) is 5.16. The lowest BCUT2D eigenvalue weighted by atomic mass is 10.2. The number of methoxy groups -OCH3 is 1. The van der Waals surface area contributed by atoms with Crippen LogP contribution < -0.4 is 27.1 Å².